The first-order chi connectivity index (χ1) is 6.36. The summed E-state index contributed by atoms with van der Waals surface area (Å²) in [5, 5.41) is 4.41. The van der Waals surface area contributed by atoms with Gasteiger partial charge >= 0.3 is 0 Å². The second-order valence-corrected chi connectivity index (χ2v) is 3.31. The summed E-state index contributed by atoms with van der Waals surface area (Å²) in [5.74, 6) is 0. The van der Waals surface area contributed by atoms with Crippen LogP contribution in [0.1, 0.15) is 19.8 Å². The van der Waals surface area contributed by atoms with Gasteiger partial charge in [-0.1, -0.05) is 0 Å². The lowest BCUT2D eigenvalue weighted by atomic mass is 10.2. The second-order valence-electron chi connectivity index (χ2n) is 3.31. The molecule has 1 atom stereocenters. The van der Waals surface area contributed by atoms with Crippen molar-refractivity contribution in [1.82, 2.24) is 4.68 Å². The largest absolute Gasteiger partial charge is 0.372 e. The second kappa shape index (κ2) is 3.75. The molecular weight excluding hydrogens is 164 g/mol. The van der Waals surface area contributed by atoms with E-state index in [2.05, 4.69) is 5.10 Å². The summed E-state index contributed by atoms with van der Waals surface area (Å²) >= 11 is 0. The standard InChI is InChI=1S/C10H14N2O/c1-9(10-5-4-8-13-10)11-12-6-2-3-7-12/h2-3,6-7,10H,4-5,8H2,1H3/b11-9-. The zero-order valence-corrected chi connectivity index (χ0v) is 7.81. The number of ether oxygens (including phenoxy) is 1. The Labute approximate surface area is 78.0 Å². The molecule has 1 aliphatic rings. The van der Waals surface area contributed by atoms with E-state index >= 15 is 0 Å². The molecule has 2 heterocycles. The van der Waals surface area contributed by atoms with Gasteiger partial charge in [-0.25, -0.2) is 4.68 Å². The molecule has 0 amide bonds. The lowest BCUT2D eigenvalue weighted by Gasteiger charge is -2.08. The molecule has 0 radical (unpaired) electrons. The SMILES string of the molecule is C/C(=N/n1cccc1)C1CCCO1. The summed E-state index contributed by atoms with van der Waals surface area (Å²) < 4.78 is 7.34. The first kappa shape index (κ1) is 8.51. The average molecular weight is 178 g/mol. The quantitative estimate of drug-likeness (QED) is 0.635. The Balaban J connectivity index is 2.07. The van der Waals surface area contributed by atoms with Gasteiger partial charge in [0.15, 0.2) is 0 Å². The van der Waals surface area contributed by atoms with E-state index in [-0.39, 0.29) is 6.10 Å². The number of hydrogen-bond donors (Lipinski definition) is 0. The molecule has 3 nitrogen and oxygen atoms in total. The third kappa shape index (κ3) is 1.98. The Morgan fingerprint density at radius 1 is 1.46 bits per heavy atom. The number of nitrogens with zero attached hydrogens (tertiary/aromatic N) is 2. The summed E-state index contributed by atoms with van der Waals surface area (Å²) in [4.78, 5) is 0. The van der Waals surface area contributed by atoms with Crippen molar-refractivity contribution in [2.24, 2.45) is 5.10 Å². The van der Waals surface area contributed by atoms with Crippen LogP contribution in [0.5, 0.6) is 0 Å². The van der Waals surface area contributed by atoms with Crippen molar-refractivity contribution in [3.63, 3.8) is 0 Å². The van der Waals surface area contributed by atoms with Gasteiger partial charge in [0.05, 0.1) is 11.8 Å². The lowest BCUT2D eigenvalue weighted by Crippen LogP contribution is -2.16. The van der Waals surface area contributed by atoms with Crippen LogP contribution < -0.4 is 0 Å². The van der Waals surface area contributed by atoms with Gasteiger partial charge in [0.25, 0.3) is 0 Å². The van der Waals surface area contributed by atoms with Gasteiger partial charge in [0.2, 0.25) is 0 Å². The van der Waals surface area contributed by atoms with Gasteiger partial charge < -0.3 is 4.74 Å². The van der Waals surface area contributed by atoms with Crippen LogP contribution in [0.25, 0.3) is 0 Å². The molecule has 0 aromatic carbocycles. The molecule has 1 aliphatic heterocycles. The Morgan fingerprint density at radius 3 is 2.85 bits per heavy atom. The van der Waals surface area contributed by atoms with Crippen LogP contribution in [0.15, 0.2) is 29.6 Å². The Bertz CT molecular complexity index is 284. The van der Waals surface area contributed by atoms with E-state index in [0.29, 0.717) is 0 Å². The predicted molar refractivity (Wildman–Crippen MR) is 51.9 cm³/mol. The fourth-order valence-electron chi connectivity index (χ4n) is 1.55. The Morgan fingerprint density at radius 2 is 2.23 bits per heavy atom. The van der Waals surface area contributed by atoms with Crippen LogP contribution in [0.2, 0.25) is 0 Å². The van der Waals surface area contributed by atoms with Crippen LogP contribution in [-0.4, -0.2) is 23.1 Å². The molecule has 1 saturated heterocycles. The predicted octanol–water partition coefficient (Wildman–Crippen LogP) is 1.89. The summed E-state index contributed by atoms with van der Waals surface area (Å²) in [7, 11) is 0. The van der Waals surface area contributed by atoms with Gasteiger partial charge in [0.1, 0.15) is 0 Å². The van der Waals surface area contributed by atoms with E-state index < -0.39 is 0 Å². The average Bonchev–Trinajstić information content (AvgIpc) is 2.74. The van der Waals surface area contributed by atoms with E-state index in [4.69, 9.17) is 4.74 Å². The number of aromatic nitrogens is 1. The van der Waals surface area contributed by atoms with Crippen LogP contribution in [0.3, 0.4) is 0 Å². The van der Waals surface area contributed by atoms with E-state index in [1.807, 2.05) is 36.1 Å². The minimum Gasteiger partial charge on any atom is -0.372 e. The monoisotopic (exact) mass is 178 g/mol. The van der Waals surface area contributed by atoms with Gasteiger partial charge in [-0.3, -0.25) is 0 Å². The van der Waals surface area contributed by atoms with Crippen LogP contribution in [0, 0.1) is 0 Å². The summed E-state index contributed by atoms with van der Waals surface area (Å²) in [5.41, 5.74) is 1.06. The molecule has 1 aromatic heterocycles. The van der Waals surface area contributed by atoms with E-state index in [1.54, 1.807) is 0 Å². The summed E-state index contributed by atoms with van der Waals surface area (Å²) in [6.07, 6.45) is 6.36. The van der Waals surface area contributed by atoms with Gasteiger partial charge in [-0.2, -0.15) is 5.10 Å². The van der Waals surface area contributed by atoms with Crippen molar-refractivity contribution >= 4 is 5.71 Å². The maximum Gasteiger partial charge on any atom is 0.0971 e. The van der Waals surface area contributed by atoms with Gasteiger partial charge in [-0.05, 0) is 31.9 Å². The zero-order valence-electron chi connectivity index (χ0n) is 7.81. The Hall–Kier alpha value is -1.09. The molecule has 13 heavy (non-hydrogen) atoms. The Kier molecular flexibility index (Phi) is 2.45. The molecule has 1 aromatic rings. The third-order valence-corrected chi connectivity index (χ3v) is 2.26. The van der Waals surface area contributed by atoms with Crippen molar-refractivity contribution in [3.05, 3.63) is 24.5 Å². The van der Waals surface area contributed by atoms with Crippen LogP contribution >= 0.6 is 0 Å². The summed E-state index contributed by atoms with van der Waals surface area (Å²) in [6, 6.07) is 3.93. The lowest BCUT2D eigenvalue weighted by molar-refractivity contribution is 0.157. The molecule has 1 unspecified atom stereocenters. The number of hydrogen-bond acceptors (Lipinski definition) is 2. The maximum absolute atomic E-state index is 5.52. The van der Waals surface area contributed by atoms with Crippen LogP contribution in [0.4, 0.5) is 0 Å². The first-order valence-corrected chi connectivity index (χ1v) is 4.66. The molecule has 0 spiro atoms. The molecule has 2 rings (SSSR count). The first-order valence-electron chi connectivity index (χ1n) is 4.66. The summed E-state index contributed by atoms with van der Waals surface area (Å²) in [6.45, 7) is 2.90. The molecule has 3 heteroatoms. The topological polar surface area (TPSA) is 26.5 Å². The smallest absolute Gasteiger partial charge is 0.0971 e. The minimum absolute atomic E-state index is 0.238. The zero-order chi connectivity index (χ0) is 9.10. The third-order valence-electron chi connectivity index (χ3n) is 2.26. The fourth-order valence-corrected chi connectivity index (χ4v) is 1.55. The maximum atomic E-state index is 5.52. The normalized spacial score (nSPS) is 23.8. The van der Waals surface area contributed by atoms with E-state index in [1.165, 1.54) is 0 Å². The molecule has 0 saturated carbocycles. The molecule has 0 bridgehead atoms. The van der Waals surface area contributed by atoms with Crippen molar-refractivity contribution in [3.8, 4) is 0 Å². The van der Waals surface area contributed by atoms with Crippen molar-refractivity contribution in [2.75, 3.05) is 6.61 Å². The molecule has 70 valence electrons. The highest BCUT2D eigenvalue weighted by atomic mass is 16.5. The van der Waals surface area contributed by atoms with E-state index in [9.17, 15) is 0 Å². The van der Waals surface area contributed by atoms with Crippen molar-refractivity contribution in [1.29, 1.82) is 0 Å². The van der Waals surface area contributed by atoms with Crippen molar-refractivity contribution in [2.45, 2.75) is 25.9 Å². The highest BCUT2D eigenvalue weighted by Crippen LogP contribution is 2.13. The molecular formula is C10H14N2O. The fraction of sp³-hybridized carbons (Fsp3) is 0.500. The van der Waals surface area contributed by atoms with Crippen LogP contribution in [-0.2, 0) is 4.74 Å². The van der Waals surface area contributed by atoms with Gasteiger partial charge in [0, 0.05) is 19.0 Å². The molecule has 0 N–H and O–H groups in total. The van der Waals surface area contributed by atoms with Gasteiger partial charge in [-0.15, -0.1) is 0 Å². The molecule has 1 fully saturated rings. The molecule has 0 aliphatic carbocycles. The van der Waals surface area contributed by atoms with Crippen molar-refractivity contribution < 1.29 is 4.74 Å². The minimum atomic E-state index is 0.238. The number of rotatable bonds is 2. The van der Waals surface area contributed by atoms with E-state index in [0.717, 1.165) is 25.2 Å². The highest BCUT2D eigenvalue weighted by molar-refractivity contribution is 5.86. The highest BCUT2D eigenvalue weighted by Gasteiger charge is 2.18.